The first kappa shape index (κ1) is 23.2. The van der Waals surface area contributed by atoms with Gasteiger partial charge in [-0.05, 0) is 81.3 Å². The fourth-order valence-corrected chi connectivity index (χ4v) is 4.05. The Kier molecular flexibility index (Phi) is 9.41. The molecule has 1 aliphatic heterocycles. The molecule has 0 saturated heterocycles. The molecule has 0 atom stereocenters. The Morgan fingerprint density at radius 3 is 2.31 bits per heavy atom. The molecule has 1 nitrogen and oxygen atoms in total. The lowest BCUT2D eigenvalue weighted by atomic mass is 9.92. The molecular weight excluding hydrogens is 350 g/mol. The molecule has 1 aliphatic rings. The van der Waals surface area contributed by atoms with Crippen LogP contribution in [0.4, 0.5) is 0 Å². The molecule has 1 heteroatoms. The van der Waals surface area contributed by atoms with Gasteiger partial charge in [0, 0.05) is 13.1 Å². The van der Waals surface area contributed by atoms with Crippen LogP contribution in [0.2, 0.25) is 0 Å². The molecule has 1 heterocycles. The van der Waals surface area contributed by atoms with Crippen molar-refractivity contribution in [3.05, 3.63) is 82.4 Å². The van der Waals surface area contributed by atoms with Gasteiger partial charge in [-0.1, -0.05) is 79.6 Å². The van der Waals surface area contributed by atoms with E-state index in [9.17, 15) is 0 Å². The number of rotatable bonds is 6. The summed E-state index contributed by atoms with van der Waals surface area (Å²) >= 11 is 0. The summed E-state index contributed by atoms with van der Waals surface area (Å²) < 4.78 is 0. The van der Waals surface area contributed by atoms with E-state index in [1.165, 1.54) is 53.8 Å². The molecule has 0 amide bonds. The quantitative estimate of drug-likeness (QED) is 0.489. The van der Waals surface area contributed by atoms with Crippen molar-refractivity contribution in [1.29, 1.82) is 0 Å². The standard InChI is InChI=1S/C26H33N.C2H6/c1-5-23(24-14-12-20(2)13-15-24)10-8-17-27-18-16-22(4)26(19-27)25-11-7-6-9-21(25)3;1-2/h5-7,9,11-15H,8,10,16-19H2,1-4H3;1-2H3/b23-5-;. The summed E-state index contributed by atoms with van der Waals surface area (Å²) in [6.07, 6.45) is 5.84. The van der Waals surface area contributed by atoms with Gasteiger partial charge in [-0.15, -0.1) is 0 Å². The van der Waals surface area contributed by atoms with Crippen molar-refractivity contribution < 1.29 is 0 Å². The Balaban J connectivity index is 0.00000145. The van der Waals surface area contributed by atoms with Crippen molar-refractivity contribution in [2.75, 3.05) is 19.6 Å². The Morgan fingerprint density at radius 2 is 1.66 bits per heavy atom. The zero-order valence-corrected chi connectivity index (χ0v) is 19.4. The second kappa shape index (κ2) is 11.8. The Labute approximate surface area is 179 Å². The topological polar surface area (TPSA) is 3.24 Å². The van der Waals surface area contributed by atoms with Gasteiger partial charge in [-0.25, -0.2) is 0 Å². The molecule has 2 aromatic rings. The predicted octanol–water partition coefficient (Wildman–Crippen LogP) is 7.69. The maximum Gasteiger partial charge on any atom is 0.0239 e. The minimum atomic E-state index is 1.09. The molecule has 0 unspecified atom stereocenters. The molecule has 156 valence electrons. The van der Waals surface area contributed by atoms with E-state index in [-0.39, 0.29) is 0 Å². The third-order valence-corrected chi connectivity index (χ3v) is 5.86. The van der Waals surface area contributed by atoms with E-state index < -0.39 is 0 Å². The largest absolute Gasteiger partial charge is 0.299 e. The second-order valence-electron chi connectivity index (χ2n) is 7.88. The lowest BCUT2D eigenvalue weighted by molar-refractivity contribution is 0.297. The van der Waals surface area contributed by atoms with E-state index in [0.717, 1.165) is 13.0 Å². The minimum Gasteiger partial charge on any atom is -0.299 e. The molecule has 0 saturated carbocycles. The van der Waals surface area contributed by atoms with Gasteiger partial charge in [0.2, 0.25) is 0 Å². The molecule has 0 radical (unpaired) electrons. The van der Waals surface area contributed by atoms with Crippen LogP contribution in [0.3, 0.4) is 0 Å². The van der Waals surface area contributed by atoms with E-state index in [1.54, 1.807) is 11.1 Å². The molecule has 0 N–H and O–H groups in total. The normalized spacial score (nSPS) is 15.2. The molecule has 3 rings (SSSR count). The van der Waals surface area contributed by atoms with Gasteiger partial charge >= 0.3 is 0 Å². The van der Waals surface area contributed by atoms with E-state index >= 15 is 0 Å². The summed E-state index contributed by atoms with van der Waals surface area (Å²) in [4.78, 5) is 2.64. The first-order valence-electron chi connectivity index (χ1n) is 11.3. The summed E-state index contributed by atoms with van der Waals surface area (Å²) in [6.45, 7) is 16.3. The van der Waals surface area contributed by atoms with E-state index in [2.05, 4.69) is 87.2 Å². The average Bonchev–Trinajstić information content (AvgIpc) is 2.75. The van der Waals surface area contributed by atoms with Crippen molar-refractivity contribution in [2.24, 2.45) is 0 Å². The first-order chi connectivity index (χ1) is 14.1. The molecule has 0 spiro atoms. The van der Waals surface area contributed by atoms with Gasteiger partial charge in [-0.2, -0.15) is 0 Å². The maximum atomic E-state index is 2.64. The lowest BCUT2D eigenvalue weighted by Gasteiger charge is -2.31. The maximum absolute atomic E-state index is 2.64. The van der Waals surface area contributed by atoms with Crippen molar-refractivity contribution in [3.63, 3.8) is 0 Å². The van der Waals surface area contributed by atoms with Crippen molar-refractivity contribution >= 4 is 11.1 Å². The molecule has 0 fully saturated rings. The SMILES string of the molecule is C/C=C(/CCCN1CCC(C)=C(c2ccccc2C)C1)c1ccc(C)cc1.CC. The third kappa shape index (κ3) is 6.44. The molecule has 0 bridgehead atoms. The Morgan fingerprint density at radius 1 is 0.966 bits per heavy atom. The van der Waals surface area contributed by atoms with Crippen molar-refractivity contribution in [3.8, 4) is 0 Å². The molecule has 0 aromatic heterocycles. The fourth-order valence-electron chi connectivity index (χ4n) is 4.05. The highest BCUT2D eigenvalue weighted by Gasteiger charge is 2.18. The van der Waals surface area contributed by atoms with Crippen LogP contribution in [0.15, 0.2) is 60.2 Å². The van der Waals surface area contributed by atoms with Gasteiger partial charge in [-0.3, -0.25) is 4.90 Å². The van der Waals surface area contributed by atoms with E-state index in [0.29, 0.717) is 0 Å². The Hall–Kier alpha value is -2.12. The summed E-state index contributed by atoms with van der Waals surface area (Å²) in [7, 11) is 0. The zero-order valence-electron chi connectivity index (χ0n) is 19.4. The molecule has 2 aromatic carbocycles. The molecule has 0 aliphatic carbocycles. The number of hydrogen-bond donors (Lipinski definition) is 0. The monoisotopic (exact) mass is 389 g/mol. The van der Waals surface area contributed by atoms with Crippen LogP contribution < -0.4 is 0 Å². The number of hydrogen-bond acceptors (Lipinski definition) is 1. The number of benzene rings is 2. The smallest absolute Gasteiger partial charge is 0.0239 e. The van der Waals surface area contributed by atoms with Crippen molar-refractivity contribution in [1.82, 2.24) is 4.90 Å². The van der Waals surface area contributed by atoms with Gasteiger partial charge < -0.3 is 0 Å². The van der Waals surface area contributed by atoms with Crippen LogP contribution in [0.25, 0.3) is 11.1 Å². The highest BCUT2D eigenvalue weighted by molar-refractivity contribution is 5.72. The number of aryl methyl sites for hydroxylation is 2. The lowest BCUT2D eigenvalue weighted by Crippen LogP contribution is -2.32. The average molecular weight is 390 g/mol. The van der Waals surface area contributed by atoms with E-state index in [4.69, 9.17) is 0 Å². The predicted molar refractivity (Wildman–Crippen MR) is 130 cm³/mol. The second-order valence-corrected chi connectivity index (χ2v) is 7.88. The van der Waals surface area contributed by atoms with Crippen LogP contribution in [0.1, 0.15) is 69.2 Å². The number of allylic oxidation sites excluding steroid dienone is 2. The van der Waals surface area contributed by atoms with Crippen LogP contribution in [-0.2, 0) is 0 Å². The first-order valence-corrected chi connectivity index (χ1v) is 11.3. The molecule has 29 heavy (non-hydrogen) atoms. The third-order valence-electron chi connectivity index (χ3n) is 5.86. The fraction of sp³-hybridized carbons (Fsp3) is 0.429. The van der Waals surface area contributed by atoms with Crippen molar-refractivity contribution in [2.45, 2.75) is 60.8 Å². The zero-order chi connectivity index (χ0) is 21.2. The van der Waals surface area contributed by atoms with Crippen LogP contribution >= 0.6 is 0 Å². The van der Waals surface area contributed by atoms with E-state index in [1.807, 2.05) is 13.8 Å². The Bertz CT molecular complexity index is 824. The van der Waals surface area contributed by atoms with Crippen LogP contribution in [0, 0.1) is 13.8 Å². The number of nitrogens with zero attached hydrogens (tertiary/aromatic N) is 1. The molecular formula is C28H39N. The van der Waals surface area contributed by atoms with Gasteiger partial charge in [0.15, 0.2) is 0 Å². The minimum absolute atomic E-state index is 1.09. The summed E-state index contributed by atoms with van der Waals surface area (Å²) in [5, 5.41) is 0. The summed E-state index contributed by atoms with van der Waals surface area (Å²) in [5.41, 5.74) is 10.1. The highest BCUT2D eigenvalue weighted by Crippen LogP contribution is 2.29. The highest BCUT2D eigenvalue weighted by atomic mass is 15.1. The van der Waals surface area contributed by atoms with Gasteiger partial charge in [0.05, 0.1) is 0 Å². The van der Waals surface area contributed by atoms with Gasteiger partial charge in [0.1, 0.15) is 0 Å². The van der Waals surface area contributed by atoms with Gasteiger partial charge in [0.25, 0.3) is 0 Å². The summed E-state index contributed by atoms with van der Waals surface area (Å²) in [5.74, 6) is 0. The van der Waals surface area contributed by atoms with Crippen LogP contribution in [0.5, 0.6) is 0 Å². The summed E-state index contributed by atoms with van der Waals surface area (Å²) in [6, 6.07) is 17.8. The van der Waals surface area contributed by atoms with Crippen LogP contribution in [-0.4, -0.2) is 24.5 Å².